The van der Waals surface area contributed by atoms with Crippen LogP contribution in [0.4, 0.5) is 0 Å². The predicted molar refractivity (Wildman–Crippen MR) is 75.5 cm³/mol. The smallest absolute Gasteiger partial charge is 0.251 e. The van der Waals surface area contributed by atoms with E-state index < -0.39 is 0 Å². The fourth-order valence-electron chi connectivity index (χ4n) is 2.13. The highest BCUT2D eigenvalue weighted by atomic mass is 35.5. The van der Waals surface area contributed by atoms with Crippen LogP contribution in [-0.2, 0) is 0 Å². The second kappa shape index (κ2) is 5.50. The quantitative estimate of drug-likeness (QED) is 0.820. The van der Waals surface area contributed by atoms with Crippen molar-refractivity contribution in [1.82, 2.24) is 5.32 Å². The first-order valence-corrected chi connectivity index (χ1v) is 7.07. The van der Waals surface area contributed by atoms with Crippen LogP contribution in [0.1, 0.15) is 35.2 Å². The van der Waals surface area contributed by atoms with Gasteiger partial charge in [0.15, 0.2) is 0 Å². The van der Waals surface area contributed by atoms with Crippen molar-refractivity contribution in [3.05, 3.63) is 34.3 Å². The third-order valence-electron chi connectivity index (χ3n) is 3.51. The van der Waals surface area contributed by atoms with Crippen molar-refractivity contribution in [1.29, 1.82) is 0 Å². The van der Waals surface area contributed by atoms with Gasteiger partial charge in [-0.2, -0.15) is 0 Å². The molecule has 1 aromatic rings. The van der Waals surface area contributed by atoms with Crippen molar-refractivity contribution in [3.63, 3.8) is 0 Å². The molecule has 2 rings (SSSR count). The number of benzene rings is 1. The van der Waals surface area contributed by atoms with Crippen molar-refractivity contribution < 1.29 is 4.79 Å². The largest absolute Gasteiger partial charge is 0.351 e. The second-order valence-electron chi connectivity index (χ2n) is 5.14. The lowest BCUT2D eigenvalue weighted by molar-refractivity contribution is 0.0944. The summed E-state index contributed by atoms with van der Waals surface area (Å²) in [5.74, 6) is 0.605. The molecule has 1 fully saturated rings. The number of nitrogens with one attached hydrogen (secondary N) is 1. The summed E-state index contributed by atoms with van der Waals surface area (Å²) in [6.45, 7) is 2.64. The Balaban J connectivity index is 1.95. The van der Waals surface area contributed by atoms with Crippen LogP contribution in [-0.4, -0.2) is 18.3 Å². The van der Waals surface area contributed by atoms with Crippen molar-refractivity contribution in [2.75, 3.05) is 12.4 Å². The molecule has 0 radical (unpaired) electrons. The average Bonchev–Trinajstić information content (AvgIpc) is 3.06. The molecule has 0 aliphatic heterocycles. The summed E-state index contributed by atoms with van der Waals surface area (Å²) >= 11 is 11.7. The first-order valence-electron chi connectivity index (χ1n) is 6.16. The minimum Gasteiger partial charge on any atom is -0.351 e. The zero-order valence-electron chi connectivity index (χ0n) is 10.4. The Morgan fingerprint density at radius 3 is 2.67 bits per heavy atom. The van der Waals surface area contributed by atoms with Gasteiger partial charge < -0.3 is 5.32 Å². The van der Waals surface area contributed by atoms with Gasteiger partial charge >= 0.3 is 0 Å². The second-order valence-corrected chi connectivity index (χ2v) is 5.95. The van der Waals surface area contributed by atoms with E-state index in [9.17, 15) is 4.79 Å². The van der Waals surface area contributed by atoms with E-state index in [4.69, 9.17) is 23.2 Å². The molecule has 1 aromatic carbocycles. The lowest BCUT2D eigenvalue weighted by atomic mass is 10.0. The highest BCUT2D eigenvalue weighted by Crippen LogP contribution is 2.48. The van der Waals surface area contributed by atoms with Gasteiger partial charge in [0.1, 0.15) is 0 Å². The molecule has 98 valence electrons. The molecular weight excluding hydrogens is 269 g/mol. The molecule has 1 aliphatic carbocycles. The number of amides is 1. The summed E-state index contributed by atoms with van der Waals surface area (Å²) in [6, 6.07) is 5.39. The molecule has 0 aromatic heterocycles. The Morgan fingerprint density at radius 2 is 2.11 bits per heavy atom. The van der Waals surface area contributed by atoms with Gasteiger partial charge in [0.05, 0.1) is 0 Å². The molecule has 0 spiro atoms. The molecule has 0 unspecified atom stereocenters. The van der Waals surface area contributed by atoms with E-state index in [0.717, 1.165) is 24.8 Å². The molecule has 1 saturated carbocycles. The van der Waals surface area contributed by atoms with Crippen LogP contribution < -0.4 is 5.32 Å². The minimum atomic E-state index is -0.0542. The van der Waals surface area contributed by atoms with Gasteiger partial charge in [-0.3, -0.25) is 4.79 Å². The van der Waals surface area contributed by atoms with Gasteiger partial charge in [-0.1, -0.05) is 11.6 Å². The van der Waals surface area contributed by atoms with Crippen LogP contribution in [0.3, 0.4) is 0 Å². The summed E-state index contributed by atoms with van der Waals surface area (Å²) in [6.07, 6.45) is 3.30. The number of hydrogen-bond acceptors (Lipinski definition) is 1. The summed E-state index contributed by atoms with van der Waals surface area (Å²) in [7, 11) is 0. The van der Waals surface area contributed by atoms with Gasteiger partial charge in [-0.15, -0.1) is 11.6 Å². The number of carbonyl (C=O) groups is 1. The van der Waals surface area contributed by atoms with E-state index in [2.05, 4.69) is 5.32 Å². The highest BCUT2D eigenvalue weighted by molar-refractivity contribution is 6.31. The first-order chi connectivity index (χ1) is 8.54. The lowest BCUT2D eigenvalue weighted by Gasteiger charge is -2.14. The molecule has 0 saturated heterocycles. The summed E-state index contributed by atoms with van der Waals surface area (Å²) < 4.78 is 0. The Hall–Kier alpha value is -0.730. The summed E-state index contributed by atoms with van der Waals surface area (Å²) in [5, 5.41) is 3.58. The van der Waals surface area contributed by atoms with Gasteiger partial charge in [0, 0.05) is 23.0 Å². The van der Waals surface area contributed by atoms with Gasteiger partial charge in [0.2, 0.25) is 0 Å². The van der Waals surface area contributed by atoms with Crippen molar-refractivity contribution in [2.24, 2.45) is 5.41 Å². The molecular formula is C14H17Cl2NO. The molecule has 18 heavy (non-hydrogen) atoms. The van der Waals surface area contributed by atoms with Crippen molar-refractivity contribution >= 4 is 29.1 Å². The van der Waals surface area contributed by atoms with Gasteiger partial charge in [0.25, 0.3) is 5.91 Å². The Labute approximate surface area is 118 Å². The molecule has 0 atom stereocenters. The lowest BCUT2D eigenvalue weighted by Crippen LogP contribution is -2.30. The van der Waals surface area contributed by atoms with Crippen molar-refractivity contribution in [3.8, 4) is 0 Å². The SMILES string of the molecule is Cc1cc(Cl)cc(C(=O)NCC2(CCCl)CC2)c1. The number of halogens is 2. The maximum absolute atomic E-state index is 12.0. The monoisotopic (exact) mass is 285 g/mol. The van der Waals surface area contributed by atoms with Crippen LogP contribution in [0.15, 0.2) is 18.2 Å². The highest BCUT2D eigenvalue weighted by Gasteiger charge is 2.41. The maximum atomic E-state index is 12.0. The summed E-state index contributed by atoms with van der Waals surface area (Å²) in [4.78, 5) is 12.0. The molecule has 0 heterocycles. The Morgan fingerprint density at radius 1 is 1.39 bits per heavy atom. The Kier molecular flexibility index (Phi) is 4.18. The molecule has 1 N–H and O–H groups in total. The number of carbonyl (C=O) groups excluding carboxylic acids is 1. The normalized spacial score (nSPS) is 16.4. The topological polar surface area (TPSA) is 29.1 Å². The zero-order valence-corrected chi connectivity index (χ0v) is 11.9. The third kappa shape index (κ3) is 3.39. The van der Waals surface area contributed by atoms with Crippen LogP contribution in [0.5, 0.6) is 0 Å². The molecule has 2 nitrogen and oxygen atoms in total. The standard InChI is InChI=1S/C14H17Cl2NO/c1-10-6-11(8-12(16)7-10)13(18)17-9-14(2-3-14)4-5-15/h6-8H,2-5,9H2,1H3,(H,17,18). The third-order valence-corrected chi connectivity index (χ3v) is 3.92. The molecule has 4 heteroatoms. The average molecular weight is 286 g/mol. The Bertz CT molecular complexity index is 435. The predicted octanol–water partition coefficient (Wildman–Crippen LogP) is 3.79. The van der Waals surface area contributed by atoms with Crippen LogP contribution in [0.2, 0.25) is 5.02 Å². The maximum Gasteiger partial charge on any atom is 0.251 e. The van der Waals surface area contributed by atoms with E-state index in [1.807, 2.05) is 19.1 Å². The fourth-order valence-corrected chi connectivity index (χ4v) is 2.82. The van der Waals surface area contributed by atoms with E-state index in [1.54, 1.807) is 6.07 Å². The summed E-state index contributed by atoms with van der Waals surface area (Å²) in [5.41, 5.74) is 1.88. The van der Waals surface area contributed by atoms with E-state index in [1.165, 1.54) is 0 Å². The van der Waals surface area contributed by atoms with Crippen LogP contribution in [0.25, 0.3) is 0 Å². The van der Waals surface area contributed by atoms with Gasteiger partial charge in [-0.05, 0) is 55.4 Å². The molecule has 1 amide bonds. The van der Waals surface area contributed by atoms with E-state index in [-0.39, 0.29) is 11.3 Å². The van der Waals surface area contributed by atoms with Crippen LogP contribution >= 0.6 is 23.2 Å². The first kappa shape index (κ1) is 13.7. The van der Waals surface area contributed by atoms with Gasteiger partial charge in [-0.25, -0.2) is 0 Å². The number of aryl methyl sites for hydroxylation is 1. The fraction of sp³-hybridized carbons (Fsp3) is 0.500. The number of hydrogen-bond donors (Lipinski definition) is 1. The van der Waals surface area contributed by atoms with Crippen molar-refractivity contribution in [2.45, 2.75) is 26.2 Å². The van der Waals surface area contributed by atoms with E-state index in [0.29, 0.717) is 23.0 Å². The minimum absolute atomic E-state index is 0.0542. The zero-order chi connectivity index (χ0) is 13.2. The van der Waals surface area contributed by atoms with E-state index >= 15 is 0 Å². The van der Waals surface area contributed by atoms with Crippen LogP contribution in [0, 0.1) is 12.3 Å². The number of rotatable bonds is 5. The number of alkyl halides is 1. The molecule has 0 bridgehead atoms. The molecule has 1 aliphatic rings.